The summed E-state index contributed by atoms with van der Waals surface area (Å²) in [6, 6.07) is 12.3. The van der Waals surface area contributed by atoms with Crippen LogP contribution in [-0.2, 0) is 4.79 Å². The molecular formula is C20H16N2OS. The number of nitriles is 1. The summed E-state index contributed by atoms with van der Waals surface area (Å²) in [5, 5.41) is 13.2. The lowest BCUT2D eigenvalue weighted by Crippen LogP contribution is -2.37. The molecular weight excluding hydrogens is 316 g/mol. The zero-order valence-electron chi connectivity index (χ0n) is 13.7. The molecule has 2 aromatic rings. The van der Waals surface area contributed by atoms with Gasteiger partial charge in [-0.25, -0.2) is 0 Å². The third-order valence-electron chi connectivity index (χ3n) is 4.77. The van der Waals surface area contributed by atoms with Crippen LogP contribution in [0, 0.1) is 11.3 Å². The molecule has 1 unspecified atom stereocenters. The lowest BCUT2D eigenvalue weighted by atomic mass is 9.86. The number of carbonyl (C=O) groups is 1. The molecule has 0 radical (unpaired) electrons. The number of carbonyl (C=O) groups excluding carboxylic acids is 1. The Kier molecular flexibility index (Phi) is 3.06. The first-order valence-corrected chi connectivity index (χ1v) is 8.64. The van der Waals surface area contributed by atoms with E-state index in [1.807, 2.05) is 57.2 Å². The smallest absolute Gasteiger partial charge is 0.187 e. The second-order valence-electron chi connectivity index (χ2n) is 6.47. The van der Waals surface area contributed by atoms with Crippen molar-refractivity contribution in [3.63, 3.8) is 0 Å². The van der Waals surface area contributed by atoms with Gasteiger partial charge in [-0.05, 0) is 43.6 Å². The van der Waals surface area contributed by atoms with E-state index in [0.29, 0.717) is 5.56 Å². The molecule has 1 aromatic carbocycles. The number of ketones is 1. The Bertz CT molecular complexity index is 989. The molecule has 0 saturated carbocycles. The average molecular weight is 332 g/mol. The minimum atomic E-state index is -0.529. The molecule has 2 heterocycles. The molecule has 1 aromatic heterocycles. The van der Waals surface area contributed by atoms with Crippen LogP contribution < -0.4 is 5.32 Å². The van der Waals surface area contributed by atoms with E-state index in [9.17, 15) is 10.1 Å². The number of allylic oxidation sites excluding steroid dienone is 2. The zero-order valence-corrected chi connectivity index (χ0v) is 14.5. The highest BCUT2D eigenvalue weighted by Gasteiger charge is 2.44. The molecule has 1 aliphatic carbocycles. The number of anilines is 1. The Morgan fingerprint density at radius 1 is 1.17 bits per heavy atom. The Hall–Kier alpha value is -2.64. The molecule has 0 bridgehead atoms. The minimum absolute atomic E-state index is 0.0984. The van der Waals surface area contributed by atoms with E-state index in [-0.39, 0.29) is 5.78 Å². The van der Waals surface area contributed by atoms with Crippen molar-refractivity contribution in [1.29, 1.82) is 5.26 Å². The second kappa shape index (κ2) is 4.93. The average Bonchev–Trinajstić information content (AvgIpc) is 3.03. The van der Waals surface area contributed by atoms with Gasteiger partial charge in [-0.3, -0.25) is 4.79 Å². The van der Waals surface area contributed by atoms with Crippen LogP contribution in [0.3, 0.4) is 0 Å². The van der Waals surface area contributed by atoms with E-state index in [2.05, 4.69) is 11.4 Å². The Labute approximate surface area is 144 Å². The molecule has 118 valence electrons. The maximum Gasteiger partial charge on any atom is 0.187 e. The highest BCUT2D eigenvalue weighted by atomic mass is 32.1. The molecule has 2 aliphatic rings. The van der Waals surface area contributed by atoms with Crippen LogP contribution in [0.25, 0.3) is 16.0 Å². The third-order valence-corrected chi connectivity index (χ3v) is 6.12. The molecule has 1 N–H and O–H groups in total. The van der Waals surface area contributed by atoms with Gasteiger partial charge < -0.3 is 5.32 Å². The number of hydrogen-bond acceptors (Lipinski definition) is 4. The van der Waals surface area contributed by atoms with E-state index in [0.717, 1.165) is 37.7 Å². The van der Waals surface area contributed by atoms with Gasteiger partial charge in [0.15, 0.2) is 5.78 Å². The van der Waals surface area contributed by atoms with Gasteiger partial charge in [-0.15, -0.1) is 11.3 Å². The van der Waals surface area contributed by atoms with Crippen LogP contribution in [0.5, 0.6) is 0 Å². The largest absolute Gasteiger partial charge is 0.370 e. The Balaban J connectivity index is 1.99. The van der Waals surface area contributed by atoms with Gasteiger partial charge in [-0.2, -0.15) is 5.26 Å². The molecule has 0 saturated heterocycles. The molecule has 4 heteroatoms. The van der Waals surface area contributed by atoms with Gasteiger partial charge in [0.2, 0.25) is 0 Å². The molecule has 0 amide bonds. The summed E-state index contributed by atoms with van der Waals surface area (Å²) >= 11 is 1.58. The van der Waals surface area contributed by atoms with Crippen LogP contribution in [0.15, 0.2) is 47.6 Å². The predicted octanol–water partition coefficient (Wildman–Crippen LogP) is 4.77. The van der Waals surface area contributed by atoms with E-state index in [4.69, 9.17) is 0 Å². The molecule has 0 spiro atoms. The monoisotopic (exact) mass is 332 g/mol. The van der Waals surface area contributed by atoms with Crippen molar-refractivity contribution >= 4 is 28.4 Å². The number of Topliss-reactive ketones (excluding diaryl/α,β-unsaturated/α-hetero) is 1. The molecule has 0 fully saturated rings. The van der Waals surface area contributed by atoms with Gasteiger partial charge in [0, 0.05) is 5.57 Å². The standard InChI is InChI=1S/C20H16N2OS/c1-11-9-20(3)15(17(11)23)12(2)18-16(22-20)14(10-21)19(24-18)13-7-5-4-6-8-13/h4-9,22H,1-3H3. The van der Waals surface area contributed by atoms with Crippen molar-refractivity contribution in [2.45, 2.75) is 26.3 Å². The lowest BCUT2D eigenvalue weighted by molar-refractivity contribution is -0.112. The lowest BCUT2D eigenvalue weighted by Gasteiger charge is -2.32. The number of nitrogens with zero attached hydrogens (tertiary/aromatic N) is 1. The van der Waals surface area contributed by atoms with Crippen LogP contribution in [-0.4, -0.2) is 11.3 Å². The highest BCUT2D eigenvalue weighted by Crippen LogP contribution is 2.51. The van der Waals surface area contributed by atoms with E-state index < -0.39 is 5.54 Å². The quantitative estimate of drug-likeness (QED) is 0.818. The van der Waals surface area contributed by atoms with Gasteiger partial charge in [0.05, 0.1) is 26.5 Å². The number of nitrogens with one attached hydrogen (secondary N) is 1. The zero-order chi connectivity index (χ0) is 17.1. The fourth-order valence-electron chi connectivity index (χ4n) is 3.75. The normalized spacial score (nSPS) is 21.8. The number of rotatable bonds is 1. The molecule has 4 rings (SSSR count). The number of fused-ring (bicyclic) bond motifs is 2. The van der Waals surface area contributed by atoms with Crippen LogP contribution in [0.1, 0.15) is 31.2 Å². The third kappa shape index (κ3) is 1.85. The van der Waals surface area contributed by atoms with Crippen molar-refractivity contribution in [3.8, 4) is 16.5 Å². The predicted molar refractivity (Wildman–Crippen MR) is 97.9 cm³/mol. The fraction of sp³-hybridized carbons (Fsp3) is 0.200. The van der Waals surface area contributed by atoms with E-state index >= 15 is 0 Å². The van der Waals surface area contributed by atoms with Crippen molar-refractivity contribution in [1.82, 2.24) is 0 Å². The summed E-state index contributed by atoms with van der Waals surface area (Å²) in [6.07, 6.45) is 1.97. The van der Waals surface area contributed by atoms with Crippen molar-refractivity contribution < 1.29 is 4.79 Å². The SMILES string of the molecule is CC1=CC2(C)Nc3c(sc(-c4ccccc4)c3C#N)C(C)=C2C1=O. The number of hydrogen-bond donors (Lipinski definition) is 1. The summed E-state index contributed by atoms with van der Waals surface area (Å²) in [7, 11) is 0. The summed E-state index contributed by atoms with van der Waals surface area (Å²) < 4.78 is 0. The van der Waals surface area contributed by atoms with Crippen LogP contribution >= 0.6 is 11.3 Å². The summed E-state index contributed by atoms with van der Waals surface area (Å²) in [5.41, 5.74) is 4.55. The first-order chi connectivity index (χ1) is 11.5. The van der Waals surface area contributed by atoms with Crippen LogP contribution in [0.4, 0.5) is 5.69 Å². The molecule has 3 nitrogen and oxygen atoms in total. The van der Waals surface area contributed by atoms with Crippen molar-refractivity contribution in [2.75, 3.05) is 5.32 Å². The summed E-state index contributed by atoms with van der Waals surface area (Å²) in [5.74, 6) is 0.0984. The van der Waals surface area contributed by atoms with Gasteiger partial charge >= 0.3 is 0 Å². The van der Waals surface area contributed by atoms with Crippen molar-refractivity contribution in [2.24, 2.45) is 0 Å². The molecule has 24 heavy (non-hydrogen) atoms. The Morgan fingerprint density at radius 3 is 2.54 bits per heavy atom. The highest BCUT2D eigenvalue weighted by molar-refractivity contribution is 7.17. The van der Waals surface area contributed by atoms with Gasteiger partial charge in [-0.1, -0.05) is 30.3 Å². The number of benzene rings is 1. The number of thiophene rings is 1. The maximum atomic E-state index is 12.6. The molecule has 1 atom stereocenters. The van der Waals surface area contributed by atoms with Gasteiger partial charge in [0.1, 0.15) is 6.07 Å². The minimum Gasteiger partial charge on any atom is -0.370 e. The fourth-order valence-corrected chi connectivity index (χ4v) is 4.97. The van der Waals surface area contributed by atoms with Crippen molar-refractivity contribution in [3.05, 3.63) is 58.0 Å². The van der Waals surface area contributed by atoms with Gasteiger partial charge in [0.25, 0.3) is 0 Å². The van der Waals surface area contributed by atoms with E-state index in [1.54, 1.807) is 11.3 Å². The van der Waals surface area contributed by atoms with Crippen LogP contribution in [0.2, 0.25) is 0 Å². The maximum absolute atomic E-state index is 12.6. The second-order valence-corrected chi connectivity index (χ2v) is 7.49. The topological polar surface area (TPSA) is 52.9 Å². The summed E-state index contributed by atoms with van der Waals surface area (Å²) in [4.78, 5) is 14.5. The Morgan fingerprint density at radius 2 is 1.88 bits per heavy atom. The van der Waals surface area contributed by atoms with E-state index in [1.165, 1.54) is 0 Å². The summed E-state index contributed by atoms with van der Waals surface area (Å²) in [6.45, 7) is 5.84. The first kappa shape index (κ1) is 14.9. The molecule has 1 aliphatic heterocycles. The first-order valence-electron chi connectivity index (χ1n) is 7.82.